The van der Waals surface area contributed by atoms with Crippen molar-refractivity contribution < 1.29 is 9.59 Å². The topological polar surface area (TPSA) is 84.2 Å². The van der Waals surface area contributed by atoms with Gasteiger partial charge in [0.2, 0.25) is 11.8 Å². The van der Waals surface area contributed by atoms with Gasteiger partial charge in [-0.05, 0) is 43.7 Å². The van der Waals surface area contributed by atoms with Crippen LogP contribution in [0.3, 0.4) is 0 Å². The van der Waals surface area contributed by atoms with E-state index >= 15 is 0 Å². The number of anilines is 1. The van der Waals surface area contributed by atoms with Gasteiger partial charge in [0, 0.05) is 16.6 Å². The molecule has 0 aliphatic heterocycles. The Morgan fingerprint density at radius 1 is 1.00 bits per heavy atom. The lowest BCUT2D eigenvalue weighted by molar-refractivity contribution is -0.124. The van der Waals surface area contributed by atoms with Crippen molar-refractivity contribution >= 4 is 33.4 Å². The van der Waals surface area contributed by atoms with Gasteiger partial charge in [-0.2, -0.15) is 0 Å². The Balaban J connectivity index is 2.14. The van der Waals surface area contributed by atoms with E-state index in [0.29, 0.717) is 18.7 Å². The predicted molar refractivity (Wildman–Crippen MR) is 87.9 cm³/mol. The maximum atomic E-state index is 11.7. The molecule has 0 aromatic heterocycles. The zero-order valence-electron chi connectivity index (χ0n) is 12.0. The molecule has 0 aliphatic carbocycles. The molecular weight excluding hydrogens is 334 g/mol. The Kier molecular flexibility index (Phi) is 8.69. The first kappa shape index (κ1) is 17.7. The molecule has 116 valence electrons. The van der Waals surface area contributed by atoms with Crippen molar-refractivity contribution in [1.82, 2.24) is 5.32 Å². The first-order chi connectivity index (χ1) is 10.1. The molecule has 4 N–H and O–H groups in total. The summed E-state index contributed by atoms with van der Waals surface area (Å²) >= 11 is 3.32. The molecule has 0 spiro atoms. The molecule has 0 atom stereocenters. The fraction of sp³-hybridized carbons (Fsp3) is 0.467. The molecule has 1 aromatic rings. The van der Waals surface area contributed by atoms with E-state index in [-0.39, 0.29) is 18.4 Å². The molecule has 0 saturated heterocycles. The van der Waals surface area contributed by atoms with Gasteiger partial charge in [-0.3, -0.25) is 9.59 Å². The maximum Gasteiger partial charge on any atom is 0.243 e. The Labute approximate surface area is 133 Å². The van der Waals surface area contributed by atoms with Gasteiger partial charge in [0.1, 0.15) is 0 Å². The molecule has 1 aromatic carbocycles. The second-order valence-corrected chi connectivity index (χ2v) is 5.70. The third-order valence-electron chi connectivity index (χ3n) is 2.93. The van der Waals surface area contributed by atoms with E-state index in [4.69, 9.17) is 5.73 Å². The Morgan fingerprint density at radius 2 is 1.67 bits per heavy atom. The Morgan fingerprint density at radius 3 is 2.33 bits per heavy atom. The molecule has 5 nitrogen and oxygen atoms in total. The van der Waals surface area contributed by atoms with Crippen LogP contribution in [0.4, 0.5) is 5.69 Å². The number of nitrogens with two attached hydrogens (primary N) is 1. The summed E-state index contributed by atoms with van der Waals surface area (Å²) in [4.78, 5) is 23.2. The van der Waals surface area contributed by atoms with Crippen molar-refractivity contribution in [2.75, 3.05) is 18.4 Å². The van der Waals surface area contributed by atoms with Gasteiger partial charge in [-0.25, -0.2) is 0 Å². The van der Waals surface area contributed by atoms with Gasteiger partial charge in [-0.1, -0.05) is 28.8 Å². The highest BCUT2D eigenvalue weighted by molar-refractivity contribution is 9.10. The molecular formula is C15H22BrN3O2. The van der Waals surface area contributed by atoms with Gasteiger partial charge >= 0.3 is 0 Å². The number of benzene rings is 1. The monoisotopic (exact) mass is 355 g/mol. The van der Waals surface area contributed by atoms with Gasteiger partial charge in [0.25, 0.3) is 0 Å². The lowest BCUT2D eigenvalue weighted by Crippen LogP contribution is -2.32. The number of carbonyl (C=O) groups is 2. The summed E-state index contributed by atoms with van der Waals surface area (Å²) < 4.78 is 0.948. The lowest BCUT2D eigenvalue weighted by atomic mass is 10.1. The van der Waals surface area contributed by atoms with Crippen LogP contribution in [0.15, 0.2) is 28.7 Å². The second kappa shape index (κ2) is 10.3. The molecule has 0 fully saturated rings. The van der Waals surface area contributed by atoms with Crippen LogP contribution >= 0.6 is 15.9 Å². The minimum absolute atomic E-state index is 0.00228. The molecule has 6 heteroatoms. The fourth-order valence-corrected chi connectivity index (χ4v) is 2.05. The predicted octanol–water partition coefficient (Wildman–Crippen LogP) is 2.41. The molecule has 21 heavy (non-hydrogen) atoms. The molecule has 0 unspecified atom stereocenters. The summed E-state index contributed by atoms with van der Waals surface area (Å²) in [7, 11) is 0. The van der Waals surface area contributed by atoms with E-state index in [1.165, 1.54) is 0 Å². The summed E-state index contributed by atoms with van der Waals surface area (Å²) in [6.07, 6.45) is 4.33. The van der Waals surface area contributed by atoms with Crippen molar-refractivity contribution in [3.63, 3.8) is 0 Å². The first-order valence-corrected chi connectivity index (χ1v) is 7.93. The fourth-order valence-electron chi connectivity index (χ4n) is 1.79. The normalized spacial score (nSPS) is 10.2. The highest BCUT2D eigenvalue weighted by Gasteiger charge is 2.05. The number of halogens is 1. The third kappa shape index (κ3) is 8.47. The third-order valence-corrected chi connectivity index (χ3v) is 3.46. The number of amides is 2. The van der Waals surface area contributed by atoms with Gasteiger partial charge in [0.05, 0.1) is 6.54 Å². The van der Waals surface area contributed by atoms with Gasteiger partial charge < -0.3 is 16.4 Å². The van der Waals surface area contributed by atoms with Gasteiger partial charge in [-0.15, -0.1) is 0 Å². The quantitative estimate of drug-likeness (QED) is 0.594. The molecule has 2 amide bonds. The number of nitrogens with one attached hydrogen (secondary N) is 2. The number of unbranched alkanes of at least 4 members (excludes halogenated alkanes) is 3. The molecule has 0 heterocycles. The largest absolute Gasteiger partial charge is 0.347 e. The van der Waals surface area contributed by atoms with Crippen LogP contribution in [-0.4, -0.2) is 24.9 Å². The van der Waals surface area contributed by atoms with Crippen molar-refractivity contribution in [3.8, 4) is 0 Å². The van der Waals surface area contributed by atoms with Crippen LogP contribution in [-0.2, 0) is 9.59 Å². The molecule has 1 rings (SSSR count). The number of hydrogen-bond acceptors (Lipinski definition) is 3. The summed E-state index contributed by atoms with van der Waals surface area (Å²) in [5.41, 5.74) is 6.10. The van der Waals surface area contributed by atoms with E-state index in [1.54, 1.807) is 12.1 Å². The SMILES string of the molecule is NCCCCCCC(=O)NCC(=O)Nc1ccc(Br)cc1. The highest BCUT2D eigenvalue weighted by Crippen LogP contribution is 2.13. The summed E-state index contributed by atoms with van der Waals surface area (Å²) in [6, 6.07) is 7.27. The van der Waals surface area contributed by atoms with Crippen LogP contribution in [0.25, 0.3) is 0 Å². The number of rotatable bonds is 9. The van der Waals surface area contributed by atoms with E-state index in [2.05, 4.69) is 26.6 Å². The van der Waals surface area contributed by atoms with Gasteiger partial charge in [0.15, 0.2) is 0 Å². The summed E-state index contributed by atoms with van der Waals surface area (Å²) in [5.74, 6) is -0.317. The van der Waals surface area contributed by atoms with Crippen LogP contribution in [0, 0.1) is 0 Å². The summed E-state index contributed by atoms with van der Waals surface area (Å²) in [6.45, 7) is 0.695. The standard InChI is InChI=1S/C15H22BrN3O2/c16-12-6-8-13(9-7-12)19-15(21)11-18-14(20)5-3-1-2-4-10-17/h6-9H,1-5,10-11,17H2,(H,18,20)(H,19,21). The zero-order valence-corrected chi connectivity index (χ0v) is 13.6. The minimum atomic E-state index is -0.228. The van der Waals surface area contributed by atoms with Crippen LogP contribution in [0.1, 0.15) is 32.1 Å². The number of carbonyl (C=O) groups excluding carboxylic acids is 2. The lowest BCUT2D eigenvalue weighted by Gasteiger charge is -2.07. The molecule has 0 radical (unpaired) electrons. The second-order valence-electron chi connectivity index (χ2n) is 4.78. The van der Waals surface area contributed by atoms with Crippen molar-refractivity contribution in [2.24, 2.45) is 5.73 Å². The molecule has 0 saturated carbocycles. The van der Waals surface area contributed by atoms with E-state index in [0.717, 1.165) is 30.2 Å². The average Bonchev–Trinajstić information content (AvgIpc) is 2.47. The summed E-state index contributed by atoms with van der Waals surface area (Å²) in [5, 5.41) is 5.34. The van der Waals surface area contributed by atoms with E-state index < -0.39 is 0 Å². The van der Waals surface area contributed by atoms with Crippen molar-refractivity contribution in [3.05, 3.63) is 28.7 Å². The van der Waals surface area contributed by atoms with E-state index in [1.807, 2.05) is 12.1 Å². The maximum absolute atomic E-state index is 11.7. The van der Waals surface area contributed by atoms with Crippen LogP contribution in [0.5, 0.6) is 0 Å². The van der Waals surface area contributed by atoms with Crippen molar-refractivity contribution in [2.45, 2.75) is 32.1 Å². The highest BCUT2D eigenvalue weighted by atomic mass is 79.9. The van der Waals surface area contributed by atoms with Crippen LogP contribution < -0.4 is 16.4 Å². The van der Waals surface area contributed by atoms with Crippen LogP contribution in [0.2, 0.25) is 0 Å². The van der Waals surface area contributed by atoms with E-state index in [9.17, 15) is 9.59 Å². The Bertz CT molecular complexity index is 449. The smallest absolute Gasteiger partial charge is 0.243 e. The number of hydrogen-bond donors (Lipinski definition) is 3. The van der Waals surface area contributed by atoms with Crippen molar-refractivity contribution in [1.29, 1.82) is 0 Å². The minimum Gasteiger partial charge on any atom is -0.347 e. The average molecular weight is 356 g/mol. The zero-order chi connectivity index (χ0) is 15.5. The first-order valence-electron chi connectivity index (χ1n) is 7.14. The molecule has 0 bridgehead atoms. The molecule has 0 aliphatic rings. The Hall–Kier alpha value is -1.40.